The van der Waals surface area contributed by atoms with Gasteiger partial charge in [0.05, 0.1) is 0 Å². The van der Waals surface area contributed by atoms with Crippen molar-refractivity contribution in [2.75, 3.05) is 14.2 Å². The summed E-state index contributed by atoms with van der Waals surface area (Å²) >= 11 is -0.472. The maximum atomic E-state index is 4.59. The molecule has 0 fully saturated rings. The van der Waals surface area contributed by atoms with E-state index in [4.69, 9.17) is 0 Å². The molecule has 3 heteroatoms. The molecule has 0 saturated carbocycles. The van der Waals surface area contributed by atoms with Crippen LogP contribution in [0.5, 0.6) is 0 Å². The van der Waals surface area contributed by atoms with E-state index in [0.717, 1.165) is 0 Å². The largest absolute Gasteiger partial charge is 0.0767 e. The van der Waals surface area contributed by atoms with Gasteiger partial charge in [-0.15, -0.1) is 0 Å². The predicted molar refractivity (Wildman–Crippen MR) is 36.6 cm³/mol. The molecule has 0 bridgehead atoms. The van der Waals surface area contributed by atoms with Crippen molar-refractivity contribution in [1.82, 2.24) is 0 Å². The molecule has 0 aromatic carbocycles. The van der Waals surface area contributed by atoms with Gasteiger partial charge >= 0.3 is 40.8 Å². The van der Waals surface area contributed by atoms with Crippen LogP contribution in [-0.2, 0) is 26.6 Å². The molecule has 10 heavy (non-hydrogen) atoms. The van der Waals surface area contributed by atoms with Crippen LogP contribution in [0.3, 0.4) is 0 Å². The van der Waals surface area contributed by atoms with Gasteiger partial charge in [-0.05, 0) is 0 Å². The minimum atomic E-state index is -0.472. The monoisotopic (exact) mass is 175 g/mol. The summed E-state index contributed by atoms with van der Waals surface area (Å²) < 4.78 is 9.19. The molecule has 2 nitrogen and oxygen atoms in total. The summed E-state index contributed by atoms with van der Waals surface area (Å²) in [4.78, 5) is 0. The Morgan fingerprint density at radius 1 is 0.900 bits per heavy atom. The Bertz CT molecular complexity index is 98.2. The normalized spacial score (nSPS) is 12.6. The summed E-state index contributed by atoms with van der Waals surface area (Å²) in [6.07, 6.45) is 10.0. The van der Waals surface area contributed by atoms with Crippen molar-refractivity contribution >= 4 is 0 Å². The fourth-order valence-electron chi connectivity index (χ4n) is 0.404. The molecule has 0 aromatic rings. The summed E-state index contributed by atoms with van der Waals surface area (Å²) in [5.41, 5.74) is 0. The van der Waals surface area contributed by atoms with Crippen LogP contribution in [0.4, 0.5) is 0 Å². The van der Waals surface area contributed by atoms with Crippen LogP contribution in [-0.4, -0.2) is 14.2 Å². The summed E-state index contributed by atoms with van der Waals surface area (Å²) in [6, 6.07) is 0. The van der Waals surface area contributed by atoms with Crippen molar-refractivity contribution < 1.29 is 26.6 Å². The Labute approximate surface area is 71.8 Å². The average Bonchev–Trinajstić information content (AvgIpc) is 2.44. The molecule has 0 unspecified atom stereocenters. The second-order valence-corrected chi connectivity index (χ2v) is 2.99. The summed E-state index contributed by atoms with van der Waals surface area (Å²) in [5, 5.41) is 0. The number of rotatable bonds is 2. The second kappa shape index (κ2) is 9.11. The third-order valence-corrected chi connectivity index (χ3v) is 1.24. The van der Waals surface area contributed by atoms with Gasteiger partial charge in [0.2, 0.25) is 0 Å². The first-order valence-corrected chi connectivity index (χ1v) is 4.17. The zero-order valence-corrected chi connectivity index (χ0v) is 7.76. The Hall–Kier alpha value is 0.114. The Balaban J connectivity index is 0.000000162. The van der Waals surface area contributed by atoms with Gasteiger partial charge in [0, 0.05) is 6.42 Å². The van der Waals surface area contributed by atoms with Gasteiger partial charge in [-0.2, -0.15) is 0 Å². The van der Waals surface area contributed by atoms with Gasteiger partial charge in [-0.25, -0.2) is 0 Å². The maximum absolute atomic E-state index is 4.59. The van der Waals surface area contributed by atoms with E-state index in [2.05, 4.69) is 6.64 Å². The molecule has 0 spiro atoms. The number of allylic oxidation sites excluding steroid dienone is 4. The minimum Gasteiger partial charge on any atom is -0.0767 e. The maximum Gasteiger partial charge on any atom is 0.00506 e. The van der Waals surface area contributed by atoms with Crippen molar-refractivity contribution in [2.24, 2.45) is 0 Å². The standard InChI is InChI=1S/C5H5.2CH3O.Ti/c1-2-4-5-3-1;2*1-2;/h1-5H;2*1H3;/q;2*-1;+2. The van der Waals surface area contributed by atoms with E-state index in [1.807, 2.05) is 30.7 Å². The van der Waals surface area contributed by atoms with Gasteiger partial charge in [0.25, 0.3) is 0 Å². The first kappa shape index (κ1) is 10.1. The van der Waals surface area contributed by atoms with E-state index in [0.29, 0.717) is 0 Å². The summed E-state index contributed by atoms with van der Waals surface area (Å²) in [7, 11) is 3.28. The minimum absolute atomic E-state index is 0.472. The van der Waals surface area contributed by atoms with Crippen LogP contribution in [0.15, 0.2) is 24.3 Å². The predicted octanol–water partition coefficient (Wildman–Crippen LogP) is 1.51. The molecular weight excluding hydrogens is 164 g/mol. The quantitative estimate of drug-likeness (QED) is 0.592. The Morgan fingerprint density at radius 3 is 1.50 bits per heavy atom. The van der Waals surface area contributed by atoms with Crippen LogP contribution in [0, 0.1) is 6.42 Å². The van der Waals surface area contributed by atoms with Gasteiger partial charge in [-0.3, -0.25) is 0 Å². The van der Waals surface area contributed by atoms with E-state index < -0.39 is 19.9 Å². The molecule has 0 N–H and O–H groups in total. The molecule has 0 heterocycles. The number of hydrogen-bond donors (Lipinski definition) is 0. The molecular formula is C7H11O2Ti. The number of hydrogen-bond acceptors (Lipinski definition) is 2. The fraction of sp³-hybridized carbons (Fsp3) is 0.286. The summed E-state index contributed by atoms with van der Waals surface area (Å²) in [5.74, 6) is 0. The Kier molecular flexibility index (Phi) is 9.22. The molecule has 0 aliphatic heterocycles. The van der Waals surface area contributed by atoms with E-state index >= 15 is 0 Å². The van der Waals surface area contributed by atoms with E-state index in [-0.39, 0.29) is 0 Å². The van der Waals surface area contributed by atoms with Crippen molar-refractivity contribution in [3.8, 4) is 0 Å². The first-order chi connectivity index (χ1) is 4.91. The van der Waals surface area contributed by atoms with Crippen molar-refractivity contribution in [3.63, 3.8) is 0 Å². The molecule has 1 rings (SSSR count). The molecule has 0 saturated heterocycles. The molecule has 1 aliphatic carbocycles. The average molecular weight is 175 g/mol. The molecule has 1 radical (unpaired) electrons. The molecule has 55 valence electrons. The first-order valence-electron chi connectivity index (χ1n) is 2.89. The molecule has 0 amide bonds. The SMILES string of the molecule is C[O][Ti][O]C.[CH]1C=CC=C1. The molecule has 0 atom stereocenters. The van der Waals surface area contributed by atoms with Crippen LogP contribution in [0.1, 0.15) is 0 Å². The van der Waals surface area contributed by atoms with Crippen molar-refractivity contribution in [2.45, 2.75) is 0 Å². The van der Waals surface area contributed by atoms with Gasteiger partial charge in [-0.1, -0.05) is 24.3 Å². The van der Waals surface area contributed by atoms with Crippen LogP contribution >= 0.6 is 0 Å². The van der Waals surface area contributed by atoms with E-state index in [1.165, 1.54) is 0 Å². The van der Waals surface area contributed by atoms with E-state index in [1.54, 1.807) is 14.2 Å². The van der Waals surface area contributed by atoms with Crippen molar-refractivity contribution in [3.05, 3.63) is 30.7 Å². The topological polar surface area (TPSA) is 18.5 Å². The third-order valence-electron chi connectivity index (χ3n) is 0.722. The second-order valence-electron chi connectivity index (χ2n) is 1.45. The van der Waals surface area contributed by atoms with Gasteiger partial charge in [0.1, 0.15) is 0 Å². The zero-order chi connectivity index (χ0) is 7.66. The van der Waals surface area contributed by atoms with E-state index in [9.17, 15) is 0 Å². The zero-order valence-electron chi connectivity index (χ0n) is 6.20. The summed E-state index contributed by atoms with van der Waals surface area (Å²) in [6.45, 7) is 0. The third kappa shape index (κ3) is 8.11. The molecule has 1 aliphatic rings. The fourth-order valence-corrected chi connectivity index (χ4v) is 0.664. The Morgan fingerprint density at radius 2 is 1.40 bits per heavy atom. The van der Waals surface area contributed by atoms with Gasteiger partial charge in [0.15, 0.2) is 0 Å². The smallest absolute Gasteiger partial charge is 0.00506 e. The van der Waals surface area contributed by atoms with Gasteiger partial charge < -0.3 is 0 Å². The molecule has 0 aromatic heterocycles. The van der Waals surface area contributed by atoms with Crippen molar-refractivity contribution in [1.29, 1.82) is 0 Å². The van der Waals surface area contributed by atoms with Crippen LogP contribution in [0.25, 0.3) is 0 Å². The van der Waals surface area contributed by atoms with Crippen LogP contribution < -0.4 is 0 Å². The van der Waals surface area contributed by atoms with Crippen LogP contribution in [0.2, 0.25) is 0 Å².